The van der Waals surface area contributed by atoms with Crippen molar-refractivity contribution in [3.63, 3.8) is 0 Å². The van der Waals surface area contributed by atoms with E-state index in [4.69, 9.17) is 10.5 Å². The highest BCUT2D eigenvalue weighted by molar-refractivity contribution is 5.80. The standard InChI is InChI=1S/C15H8N2O/c16-8-13-2-1-3-14(9-17)15(13)12-6-4-11(10-18)5-7-12/h1-7,10H. The van der Waals surface area contributed by atoms with Gasteiger partial charge in [0, 0.05) is 11.1 Å². The van der Waals surface area contributed by atoms with E-state index >= 15 is 0 Å². The third kappa shape index (κ3) is 1.98. The van der Waals surface area contributed by atoms with Crippen LogP contribution in [0.1, 0.15) is 21.5 Å². The molecule has 2 aromatic rings. The minimum atomic E-state index is 0.452. The summed E-state index contributed by atoms with van der Waals surface area (Å²) in [7, 11) is 0. The lowest BCUT2D eigenvalue weighted by Crippen LogP contribution is -1.90. The van der Waals surface area contributed by atoms with Crippen LogP contribution in [0.25, 0.3) is 11.1 Å². The van der Waals surface area contributed by atoms with Crippen LogP contribution in [-0.2, 0) is 0 Å². The Morgan fingerprint density at radius 2 is 1.44 bits per heavy atom. The molecule has 3 nitrogen and oxygen atoms in total. The molecule has 0 saturated carbocycles. The van der Waals surface area contributed by atoms with Gasteiger partial charge in [-0.3, -0.25) is 4.79 Å². The highest BCUT2D eigenvalue weighted by Crippen LogP contribution is 2.27. The molecule has 0 aromatic heterocycles. The molecule has 3 heteroatoms. The topological polar surface area (TPSA) is 64.7 Å². The van der Waals surface area contributed by atoms with Gasteiger partial charge in [-0.15, -0.1) is 0 Å². The molecular weight excluding hydrogens is 224 g/mol. The Hall–Kier alpha value is -2.91. The van der Waals surface area contributed by atoms with Gasteiger partial charge in [0.15, 0.2) is 0 Å². The van der Waals surface area contributed by atoms with Gasteiger partial charge in [-0.05, 0) is 17.7 Å². The molecule has 2 aromatic carbocycles. The number of aldehydes is 1. The van der Waals surface area contributed by atoms with Crippen molar-refractivity contribution in [1.82, 2.24) is 0 Å². The van der Waals surface area contributed by atoms with Crippen molar-refractivity contribution in [2.24, 2.45) is 0 Å². The molecule has 84 valence electrons. The summed E-state index contributed by atoms with van der Waals surface area (Å²) in [5, 5.41) is 18.2. The van der Waals surface area contributed by atoms with Crippen molar-refractivity contribution in [1.29, 1.82) is 10.5 Å². The molecule has 0 radical (unpaired) electrons. The predicted octanol–water partition coefficient (Wildman–Crippen LogP) is 2.91. The number of nitrogens with zero attached hydrogens (tertiary/aromatic N) is 2. The molecule has 18 heavy (non-hydrogen) atoms. The van der Waals surface area contributed by atoms with Gasteiger partial charge in [-0.25, -0.2) is 0 Å². The minimum absolute atomic E-state index is 0.452. The monoisotopic (exact) mass is 232 g/mol. The number of hydrogen-bond donors (Lipinski definition) is 0. The van der Waals surface area contributed by atoms with Gasteiger partial charge in [0.05, 0.1) is 23.3 Å². The molecule has 0 saturated heterocycles. The third-order valence-electron chi connectivity index (χ3n) is 2.64. The van der Waals surface area contributed by atoms with E-state index < -0.39 is 0 Å². The van der Waals surface area contributed by atoms with Gasteiger partial charge < -0.3 is 0 Å². The van der Waals surface area contributed by atoms with Crippen LogP contribution in [0.3, 0.4) is 0 Å². The van der Waals surface area contributed by atoms with Crippen LogP contribution in [0.5, 0.6) is 0 Å². The molecule has 0 aliphatic heterocycles. The molecule has 0 bridgehead atoms. The lowest BCUT2D eigenvalue weighted by atomic mass is 9.95. The fraction of sp³-hybridized carbons (Fsp3) is 0. The van der Waals surface area contributed by atoms with E-state index in [9.17, 15) is 4.79 Å². The number of carbonyl (C=O) groups is 1. The molecule has 0 unspecified atom stereocenters. The Morgan fingerprint density at radius 1 is 0.889 bits per heavy atom. The van der Waals surface area contributed by atoms with Crippen LogP contribution >= 0.6 is 0 Å². The first-order valence-electron chi connectivity index (χ1n) is 5.29. The quantitative estimate of drug-likeness (QED) is 0.748. The van der Waals surface area contributed by atoms with Crippen LogP contribution in [0, 0.1) is 22.7 Å². The Balaban J connectivity index is 2.66. The molecule has 0 amide bonds. The van der Waals surface area contributed by atoms with E-state index in [2.05, 4.69) is 12.1 Å². The first-order chi connectivity index (χ1) is 8.80. The summed E-state index contributed by atoms with van der Waals surface area (Å²) in [5.74, 6) is 0. The maximum Gasteiger partial charge on any atom is 0.150 e. The summed E-state index contributed by atoms with van der Waals surface area (Å²) < 4.78 is 0. The van der Waals surface area contributed by atoms with Gasteiger partial charge in [-0.2, -0.15) is 10.5 Å². The highest BCUT2D eigenvalue weighted by atomic mass is 16.1. The van der Waals surface area contributed by atoms with Crippen LogP contribution in [0.4, 0.5) is 0 Å². The third-order valence-corrected chi connectivity index (χ3v) is 2.64. The number of rotatable bonds is 2. The molecule has 0 spiro atoms. The van der Waals surface area contributed by atoms with Crippen molar-refractivity contribution < 1.29 is 4.79 Å². The zero-order valence-corrected chi connectivity index (χ0v) is 9.42. The molecular formula is C15H8N2O. The number of carbonyl (C=O) groups excluding carboxylic acids is 1. The maximum absolute atomic E-state index is 10.6. The Bertz CT molecular complexity index is 641. The predicted molar refractivity (Wildman–Crippen MR) is 66.7 cm³/mol. The summed E-state index contributed by atoms with van der Waals surface area (Å²) in [6.07, 6.45) is 0.755. The lowest BCUT2D eigenvalue weighted by Gasteiger charge is -2.06. The summed E-state index contributed by atoms with van der Waals surface area (Å²) in [6.45, 7) is 0. The SMILES string of the molecule is N#Cc1cccc(C#N)c1-c1ccc(C=O)cc1. The Morgan fingerprint density at radius 3 is 1.89 bits per heavy atom. The van der Waals surface area contributed by atoms with Crippen molar-refractivity contribution in [2.75, 3.05) is 0 Å². The van der Waals surface area contributed by atoms with Gasteiger partial charge in [-0.1, -0.05) is 30.3 Å². The summed E-state index contributed by atoms with van der Waals surface area (Å²) in [6, 6.07) is 16.0. The van der Waals surface area contributed by atoms with Gasteiger partial charge in [0.1, 0.15) is 6.29 Å². The normalized spacial score (nSPS) is 9.22. The summed E-state index contributed by atoms with van der Waals surface area (Å²) >= 11 is 0. The van der Waals surface area contributed by atoms with E-state index in [0.717, 1.165) is 11.8 Å². The fourth-order valence-electron chi connectivity index (χ4n) is 1.78. The molecule has 0 fully saturated rings. The Labute approximate surface area is 105 Å². The van der Waals surface area contributed by atoms with E-state index in [-0.39, 0.29) is 0 Å². The minimum Gasteiger partial charge on any atom is -0.298 e. The molecule has 2 rings (SSSR count). The van der Waals surface area contributed by atoms with E-state index in [1.165, 1.54) is 0 Å². The van der Waals surface area contributed by atoms with E-state index in [1.807, 2.05) is 0 Å². The van der Waals surface area contributed by atoms with Gasteiger partial charge in [0.25, 0.3) is 0 Å². The zero-order chi connectivity index (χ0) is 13.0. The Kier molecular flexibility index (Phi) is 3.18. The van der Waals surface area contributed by atoms with Crippen LogP contribution in [0.2, 0.25) is 0 Å². The van der Waals surface area contributed by atoms with Crippen molar-refractivity contribution in [3.05, 3.63) is 59.2 Å². The van der Waals surface area contributed by atoms with Crippen LogP contribution in [0.15, 0.2) is 42.5 Å². The van der Waals surface area contributed by atoms with E-state index in [1.54, 1.807) is 42.5 Å². The van der Waals surface area contributed by atoms with Crippen LogP contribution in [-0.4, -0.2) is 6.29 Å². The van der Waals surface area contributed by atoms with Crippen LogP contribution < -0.4 is 0 Å². The molecule has 0 heterocycles. The van der Waals surface area contributed by atoms with Crippen molar-refractivity contribution in [3.8, 4) is 23.3 Å². The number of hydrogen-bond acceptors (Lipinski definition) is 3. The average Bonchev–Trinajstić information content (AvgIpc) is 2.46. The second-order valence-corrected chi connectivity index (χ2v) is 3.69. The molecule has 0 aliphatic carbocycles. The zero-order valence-electron chi connectivity index (χ0n) is 9.42. The number of benzene rings is 2. The number of nitriles is 2. The van der Waals surface area contributed by atoms with Gasteiger partial charge >= 0.3 is 0 Å². The second-order valence-electron chi connectivity index (χ2n) is 3.69. The summed E-state index contributed by atoms with van der Waals surface area (Å²) in [4.78, 5) is 10.6. The fourth-order valence-corrected chi connectivity index (χ4v) is 1.78. The van der Waals surface area contributed by atoms with Gasteiger partial charge in [0.2, 0.25) is 0 Å². The van der Waals surface area contributed by atoms with Crippen molar-refractivity contribution >= 4 is 6.29 Å². The molecule has 0 N–H and O–H groups in total. The van der Waals surface area contributed by atoms with Crippen molar-refractivity contribution in [2.45, 2.75) is 0 Å². The first-order valence-corrected chi connectivity index (χ1v) is 5.29. The summed E-state index contributed by atoms with van der Waals surface area (Å²) in [5.41, 5.74) is 2.83. The largest absolute Gasteiger partial charge is 0.298 e. The average molecular weight is 232 g/mol. The molecule has 0 aliphatic rings. The smallest absolute Gasteiger partial charge is 0.150 e. The molecule has 0 atom stereocenters. The second kappa shape index (κ2) is 4.95. The first kappa shape index (κ1) is 11.6. The maximum atomic E-state index is 10.6. The highest BCUT2D eigenvalue weighted by Gasteiger charge is 2.10. The van der Waals surface area contributed by atoms with E-state index in [0.29, 0.717) is 22.3 Å². The lowest BCUT2D eigenvalue weighted by molar-refractivity contribution is 0.112.